The number of unbranched alkanes of at least 4 members (excludes halogenated alkanes) is 1. The summed E-state index contributed by atoms with van der Waals surface area (Å²) in [5, 5.41) is 11.2. The molecule has 2 aromatic rings. The van der Waals surface area contributed by atoms with Crippen LogP contribution in [0.15, 0.2) is 35.3 Å². The molecule has 6 nitrogen and oxygen atoms in total. The van der Waals surface area contributed by atoms with Crippen LogP contribution in [0, 0.1) is 13.8 Å². The SMILES string of the molecule is CN=C(NCCCCN(C)c1ccccc1)NCc1c(C)nn(C)c1C.I. The molecular weight excluding hydrogens is 451 g/mol. The summed E-state index contributed by atoms with van der Waals surface area (Å²) in [6.07, 6.45) is 2.24. The first kappa shape index (κ1) is 23.3. The van der Waals surface area contributed by atoms with Crippen LogP contribution in [0.2, 0.25) is 0 Å². The molecule has 0 fully saturated rings. The lowest BCUT2D eigenvalue weighted by atomic mass is 10.2. The van der Waals surface area contributed by atoms with Crippen LogP contribution < -0.4 is 15.5 Å². The number of anilines is 1. The number of hydrogen-bond acceptors (Lipinski definition) is 3. The molecule has 27 heavy (non-hydrogen) atoms. The number of benzene rings is 1. The molecule has 7 heteroatoms. The number of nitrogens with zero attached hydrogens (tertiary/aromatic N) is 4. The van der Waals surface area contributed by atoms with Crippen molar-refractivity contribution in [3.05, 3.63) is 47.3 Å². The number of guanidine groups is 1. The average Bonchev–Trinajstić information content (AvgIpc) is 2.90. The van der Waals surface area contributed by atoms with Crippen LogP contribution in [0.25, 0.3) is 0 Å². The van der Waals surface area contributed by atoms with Crippen molar-refractivity contribution in [3.63, 3.8) is 0 Å². The molecule has 2 rings (SSSR count). The zero-order valence-corrected chi connectivity index (χ0v) is 19.4. The molecule has 1 heterocycles. The van der Waals surface area contributed by atoms with Gasteiger partial charge in [0.1, 0.15) is 0 Å². The second-order valence-electron chi connectivity index (χ2n) is 6.59. The minimum Gasteiger partial charge on any atom is -0.375 e. The maximum atomic E-state index is 4.45. The number of halogens is 1. The van der Waals surface area contributed by atoms with E-state index in [0.717, 1.165) is 44.1 Å². The summed E-state index contributed by atoms with van der Waals surface area (Å²) in [4.78, 5) is 6.60. The Hall–Kier alpha value is -1.77. The summed E-state index contributed by atoms with van der Waals surface area (Å²) in [6, 6.07) is 10.5. The Kier molecular flexibility index (Phi) is 10.2. The second-order valence-corrected chi connectivity index (χ2v) is 6.59. The van der Waals surface area contributed by atoms with E-state index in [4.69, 9.17) is 0 Å². The summed E-state index contributed by atoms with van der Waals surface area (Å²) in [5.74, 6) is 0.837. The van der Waals surface area contributed by atoms with E-state index in [1.165, 1.54) is 16.9 Å². The van der Waals surface area contributed by atoms with Gasteiger partial charge in [-0.3, -0.25) is 9.67 Å². The third-order valence-corrected chi connectivity index (χ3v) is 4.72. The quantitative estimate of drug-likeness (QED) is 0.262. The standard InChI is InChI=1S/C20H32N6.HI/c1-16-19(17(2)26(5)24-16)15-23-20(21-3)22-13-9-10-14-25(4)18-11-7-6-8-12-18;/h6-8,11-12H,9-10,13-15H2,1-5H3,(H2,21,22,23);1H. The Balaban J connectivity index is 0.00000364. The lowest BCUT2D eigenvalue weighted by Crippen LogP contribution is -2.37. The van der Waals surface area contributed by atoms with Gasteiger partial charge in [-0.2, -0.15) is 5.10 Å². The highest BCUT2D eigenvalue weighted by molar-refractivity contribution is 14.0. The van der Waals surface area contributed by atoms with Crippen molar-refractivity contribution in [1.82, 2.24) is 20.4 Å². The van der Waals surface area contributed by atoms with Crippen LogP contribution >= 0.6 is 24.0 Å². The smallest absolute Gasteiger partial charge is 0.191 e. The molecule has 0 atom stereocenters. The van der Waals surface area contributed by atoms with Crippen LogP contribution in [0.5, 0.6) is 0 Å². The molecule has 1 aromatic carbocycles. The van der Waals surface area contributed by atoms with Gasteiger partial charge < -0.3 is 15.5 Å². The van der Waals surface area contributed by atoms with Gasteiger partial charge in [0.15, 0.2) is 5.96 Å². The van der Waals surface area contributed by atoms with Gasteiger partial charge in [0, 0.05) is 57.7 Å². The van der Waals surface area contributed by atoms with E-state index < -0.39 is 0 Å². The van der Waals surface area contributed by atoms with Gasteiger partial charge in [0.2, 0.25) is 0 Å². The second kappa shape index (κ2) is 11.8. The molecule has 0 aliphatic carbocycles. The number of rotatable bonds is 8. The first-order valence-electron chi connectivity index (χ1n) is 9.22. The van der Waals surface area contributed by atoms with E-state index in [1.807, 2.05) is 31.8 Å². The minimum atomic E-state index is 0. The lowest BCUT2D eigenvalue weighted by Gasteiger charge is -2.19. The van der Waals surface area contributed by atoms with E-state index in [2.05, 4.69) is 63.9 Å². The van der Waals surface area contributed by atoms with E-state index >= 15 is 0 Å². The molecule has 0 radical (unpaired) electrons. The fraction of sp³-hybridized carbons (Fsp3) is 0.500. The Labute approximate surface area is 180 Å². The Morgan fingerprint density at radius 2 is 1.85 bits per heavy atom. The molecule has 0 unspecified atom stereocenters. The fourth-order valence-electron chi connectivity index (χ4n) is 2.96. The third kappa shape index (κ3) is 7.04. The molecule has 150 valence electrons. The fourth-order valence-corrected chi connectivity index (χ4v) is 2.96. The number of aliphatic imine (C=N–C) groups is 1. The zero-order valence-electron chi connectivity index (χ0n) is 17.1. The Morgan fingerprint density at radius 1 is 1.15 bits per heavy atom. The first-order chi connectivity index (χ1) is 12.5. The molecule has 2 N–H and O–H groups in total. The van der Waals surface area contributed by atoms with E-state index in [0.29, 0.717) is 0 Å². The molecule has 0 saturated carbocycles. The first-order valence-corrected chi connectivity index (χ1v) is 9.22. The van der Waals surface area contributed by atoms with Gasteiger partial charge >= 0.3 is 0 Å². The maximum absolute atomic E-state index is 4.45. The molecule has 0 aliphatic rings. The van der Waals surface area contributed by atoms with E-state index in [-0.39, 0.29) is 24.0 Å². The summed E-state index contributed by atoms with van der Waals surface area (Å²) in [6.45, 7) is 6.83. The monoisotopic (exact) mass is 484 g/mol. The highest BCUT2D eigenvalue weighted by Gasteiger charge is 2.09. The van der Waals surface area contributed by atoms with Gasteiger partial charge in [-0.05, 0) is 38.8 Å². The zero-order chi connectivity index (χ0) is 18.9. The van der Waals surface area contributed by atoms with Gasteiger partial charge in [-0.1, -0.05) is 18.2 Å². The molecule has 0 spiro atoms. The Morgan fingerprint density at radius 3 is 2.44 bits per heavy atom. The number of aromatic nitrogens is 2. The van der Waals surface area contributed by atoms with Crippen molar-refractivity contribution in [1.29, 1.82) is 0 Å². The lowest BCUT2D eigenvalue weighted by molar-refractivity contribution is 0.685. The van der Waals surface area contributed by atoms with Crippen LogP contribution in [0.3, 0.4) is 0 Å². The normalized spacial score (nSPS) is 11.1. The molecular formula is C20H33IN6. The van der Waals surface area contributed by atoms with Crippen molar-refractivity contribution in [3.8, 4) is 0 Å². The summed E-state index contributed by atoms with van der Waals surface area (Å²) in [7, 11) is 5.93. The predicted molar refractivity (Wildman–Crippen MR) is 125 cm³/mol. The van der Waals surface area contributed by atoms with Gasteiger partial charge in [-0.25, -0.2) is 0 Å². The summed E-state index contributed by atoms with van der Waals surface area (Å²) in [5.41, 5.74) is 4.76. The topological polar surface area (TPSA) is 57.5 Å². The highest BCUT2D eigenvalue weighted by Crippen LogP contribution is 2.12. The molecule has 0 saturated heterocycles. The van der Waals surface area contributed by atoms with Crippen molar-refractivity contribution < 1.29 is 0 Å². The number of para-hydroxylation sites is 1. The number of hydrogen-bond donors (Lipinski definition) is 2. The highest BCUT2D eigenvalue weighted by atomic mass is 127. The molecule has 1 aromatic heterocycles. The van der Waals surface area contributed by atoms with Crippen molar-refractivity contribution in [2.24, 2.45) is 12.0 Å². The molecule has 0 bridgehead atoms. The average molecular weight is 484 g/mol. The van der Waals surface area contributed by atoms with E-state index in [9.17, 15) is 0 Å². The van der Waals surface area contributed by atoms with Crippen LogP contribution in [-0.4, -0.2) is 42.9 Å². The third-order valence-electron chi connectivity index (χ3n) is 4.72. The molecule has 0 amide bonds. The largest absolute Gasteiger partial charge is 0.375 e. The summed E-state index contributed by atoms with van der Waals surface area (Å²) >= 11 is 0. The van der Waals surface area contributed by atoms with Crippen molar-refractivity contribution >= 4 is 35.6 Å². The van der Waals surface area contributed by atoms with Crippen molar-refractivity contribution in [2.45, 2.75) is 33.2 Å². The van der Waals surface area contributed by atoms with Crippen molar-refractivity contribution in [2.75, 3.05) is 32.1 Å². The van der Waals surface area contributed by atoms with Crippen LogP contribution in [0.4, 0.5) is 5.69 Å². The maximum Gasteiger partial charge on any atom is 0.191 e. The minimum absolute atomic E-state index is 0. The van der Waals surface area contributed by atoms with Gasteiger partial charge in [0.25, 0.3) is 0 Å². The predicted octanol–water partition coefficient (Wildman–Crippen LogP) is 3.24. The van der Waals surface area contributed by atoms with Crippen LogP contribution in [0.1, 0.15) is 29.8 Å². The van der Waals surface area contributed by atoms with Crippen LogP contribution in [-0.2, 0) is 13.6 Å². The summed E-state index contributed by atoms with van der Waals surface area (Å²) < 4.78 is 1.92. The number of aryl methyl sites for hydroxylation is 2. The molecule has 0 aliphatic heterocycles. The Bertz CT molecular complexity index is 711. The van der Waals surface area contributed by atoms with Gasteiger partial charge in [0.05, 0.1) is 5.69 Å². The van der Waals surface area contributed by atoms with E-state index in [1.54, 1.807) is 0 Å². The van der Waals surface area contributed by atoms with Gasteiger partial charge in [-0.15, -0.1) is 24.0 Å². The number of nitrogens with one attached hydrogen (secondary N) is 2.